The summed E-state index contributed by atoms with van der Waals surface area (Å²) < 4.78 is 39.4. The van der Waals surface area contributed by atoms with Crippen LogP contribution in [0.4, 0.5) is 4.39 Å². The van der Waals surface area contributed by atoms with E-state index in [1.54, 1.807) is 0 Å². The quantitative estimate of drug-likeness (QED) is 0.349. The van der Waals surface area contributed by atoms with Gasteiger partial charge in [-0.15, -0.1) is 0 Å². The molecule has 0 radical (unpaired) electrons. The lowest BCUT2D eigenvalue weighted by Gasteiger charge is -2.44. The molecule has 4 unspecified atom stereocenters. The Bertz CT molecular complexity index is 843. The number of rotatable bonds is 6. The van der Waals surface area contributed by atoms with Crippen LogP contribution in [0.2, 0.25) is 0 Å². The maximum absolute atomic E-state index is 14.2. The van der Waals surface area contributed by atoms with E-state index in [0.29, 0.717) is 57.7 Å². The molecule has 0 aromatic heterocycles. The number of carbonyl (C=O) groups excluding carboxylic acids is 1. The predicted molar refractivity (Wildman–Crippen MR) is 132 cm³/mol. The van der Waals surface area contributed by atoms with Gasteiger partial charge in [-0.3, -0.25) is 14.7 Å². The van der Waals surface area contributed by atoms with Crippen molar-refractivity contribution in [2.45, 2.75) is 64.0 Å². The van der Waals surface area contributed by atoms with Crippen molar-refractivity contribution >= 4 is 21.6 Å². The van der Waals surface area contributed by atoms with Crippen LogP contribution in [-0.4, -0.2) is 106 Å². The van der Waals surface area contributed by atoms with Crippen LogP contribution in [0.15, 0.2) is 4.99 Å². The first-order chi connectivity index (χ1) is 15.9. The Morgan fingerprint density at radius 3 is 2.53 bits per heavy atom. The standard InChI is InChI=1S/C22H42FN7O3S/c1-22(2)6-4-15(23)13-27-16(12-22)19(20(24)25)21(31)28-17-14-26-7-5-18(17)29-8-10-30(11-9-29)34(3,32)33/h15,17-20,26H,4-14,24-25H2,1-3H3,(H,28,31)/b27-16+. The lowest BCUT2D eigenvalue weighted by Crippen LogP contribution is -2.64. The van der Waals surface area contributed by atoms with Crippen LogP contribution in [0, 0.1) is 11.3 Å². The molecule has 3 heterocycles. The van der Waals surface area contributed by atoms with Crippen LogP contribution in [0.3, 0.4) is 0 Å². The minimum Gasteiger partial charge on any atom is -0.350 e. The Hall–Kier alpha value is -1.18. The summed E-state index contributed by atoms with van der Waals surface area (Å²) in [6.07, 6.45) is 1.79. The van der Waals surface area contributed by atoms with Gasteiger partial charge < -0.3 is 22.1 Å². The van der Waals surface area contributed by atoms with Crippen LogP contribution in [0.25, 0.3) is 0 Å². The summed E-state index contributed by atoms with van der Waals surface area (Å²) in [5.74, 6) is -1.11. The van der Waals surface area contributed by atoms with Gasteiger partial charge in [0.25, 0.3) is 0 Å². The van der Waals surface area contributed by atoms with Crippen molar-refractivity contribution in [2.24, 2.45) is 27.8 Å². The number of aliphatic imine (C=N–C) groups is 1. The Morgan fingerprint density at radius 2 is 1.91 bits per heavy atom. The molecule has 2 saturated heterocycles. The Balaban J connectivity index is 1.72. The highest BCUT2D eigenvalue weighted by Gasteiger charge is 2.38. The molecule has 1 amide bonds. The van der Waals surface area contributed by atoms with Crippen molar-refractivity contribution < 1.29 is 17.6 Å². The van der Waals surface area contributed by atoms with Crippen LogP contribution in [0.1, 0.15) is 39.5 Å². The maximum atomic E-state index is 14.2. The lowest BCUT2D eigenvalue weighted by atomic mass is 9.77. The Labute approximate surface area is 203 Å². The third-order valence-electron chi connectivity index (χ3n) is 7.30. The number of hydrogen-bond donors (Lipinski definition) is 4. The fourth-order valence-electron chi connectivity index (χ4n) is 5.31. The summed E-state index contributed by atoms with van der Waals surface area (Å²) in [5.41, 5.74) is 12.5. The molecule has 2 fully saturated rings. The highest BCUT2D eigenvalue weighted by molar-refractivity contribution is 7.88. The van der Waals surface area contributed by atoms with Gasteiger partial charge in [0.15, 0.2) is 0 Å². The zero-order valence-electron chi connectivity index (χ0n) is 20.7. The van der Waals surface area contributed by atoms with Gasteiger partial charge >= 0.3 is 0 Å². The van der Waals surface area contributed by atoms with Gasteiger partial charge in [0, 0.05) is 44.5 Å². The van der Waals surface area contributed by atoms with Gasteiger partial charge in [-0.05, 0) is 37.6 Å². The molecule has 0 bridgehead atoms. The van der Waals surface area contributed by atoms with E-state index < -0.39 is 28.3 Å². The minimum atomic E-state index is -3.21. The highest BCUT2D eigenvalue weighted by Crippen LogP contribution is 2.32. The number of carbonyl (C=O) groups is 1. The molecule has 10 nitrogen and oxygen atoms in total. The zero-order chi connectivity index (χ0) is 25.1. The number of piperidine rings is 1. The highest BCUT2D eigenvalue weighted by atomic mass is 32.2. The molecular formula is C22H42FN7O3S. The molecule has 0 saturated carbocycles. The van der Waals surface area contributed by atoms with Gasteiger partial charge in [0.1, 0.15) is 12.1 Å². The number of alkyl halides is 1. The first-order valence-electron chi connectivity index (χ1n) is 12.3. The largest absolute Gasteiger partial charge is 0.350 e. The molecule has 4 atom stereocenters. The number of nitrogens with one attached hydrogen (secondary N) is 2. The molecule has 12 heteroatoms. The number of nitrogens with two attached hydrogens (primary N) is 2. The molecular weight excluding hydrogens is 461 g/mol. The number of halogens is 1. The van der Waals surface area contributed by atoms with Crippen LogP contribution in [0.5, 0.6) is 0 Å². The molecule has 3 aliphatic heterocycles. The molecule has 0 aromatic rings. The summed E-state index contributed by atoms with van der Waals surface area (Å²) in [7, 11) is -3.21. The fourth-order valence-corrected chi connectivity index (χ4v) is 6.14. The van der Waals surface area contributed by atoms with E-state index in [0.717, 1.165) is 13.0 Å². The van der Waals surface area contributed by atoms with Gasteiger partial charge in [0.05, 0.1) is 25.0 Å². The molecule has 196 valence electrons. The fraction of sp³-hybridized carbons (Fsp3) is 0.909. The summed E-state index contributed by atoms with van der Waals surface area (Å²) in [4.78, 5) is 20.2. The van der Waals surface area contributed by atoms with Gasteiger partial charge in [-0.1, -0.05) is 13.8 Å². The second-order valence-electron chi connectivity index (χ2n) is 10.7. The van der Waals surface area contributed by atoms with Crippen LogP contribution in [-0.2, 0) is 14.8 Å². The molecule has 3 aliphatic rings. The predicted octanol–water partition coefficient (Wildman–Crippen LogP) is -0.741. The van der Waals surface area contributed by atoms with Crippen molar-refractivity contribution in [3.63, 3.8) is 0 Å². The Morgan fingerprint density at radius 1 is 1.24 bits per heavy atom. The van der Waals surface area contributed by atoms with Gasteiger partial charge in [-0.2, -0.15) is 4.31 Å². The van der Waals surface area contributed by atoms with E-state index in [2.05, 4.69) is 34.4 Å². The summed E-state index contributed by atoms with van der Waals surface area (Å²) in [5, 5.41) is 6.49. The van der Waals surface area contributed by atoms with Crippen molar-refractivity contribution in [3.8, 4) is 0 Å². The van der Waals surface area contributed by atoms with Gasteiger partial charge in [-0.25, -0.2) is 12.8 Å². The van der Waals surface area contributed by atoms with Gasteiger partial charge in [0.2, 0.25) is 15.9 Å². The van der Waals surface area contributed by atoms with E-state index in [1.807, 2.05) is 0 Å². The number of sulfonamides is 1. The Kier molecular flexibility index (Phi) is 9.07. The lowest BCUT2D eigenvalue weighted by molar-refractivity contribution is -0.125. The number of hydrogen-bond acceptors (Lipinski definition) is 8. The average Bonchev–Trinajstić information content (AvgIpc) is 2.75. The van der Waals surface area contributed by atoms with Crippen molar-refractivity contribution in [3.05, 3.63) is 0 Å². The summed E-state index contributed by atoms with van der Waals surface area (Å²) in [6, 6.07) is -0.101. The van der Waals surface area contributed by atoms with Crippen molar-refractivity contribution in [2.75, 3.05) is 52.1 Å². The minimum absolute atomic E-state index is 0.0279. The summed E-state index contributed by atoms with van der Waals surface area (Å²) >= 11 is 0. The third-order valence-corrected chi connectivity index (χ3v) is 8.60. The van der Waals surface area contributed by atoms with E-state index in [-0.39, 0.29) is 30.0 Å². The number of nitrogens with zero attached hydrogens (tertiary/aromatic N) is 3. The average molecular weight is 504 g/mol. The van der Waals surface area contributed by atoms with E-state index in [4.69, 9.17) is 11.5 Å². The topological polar surface area (TPSA) is 146 Å². The molecule has 0 spiro atoms. The first kappa shape index (κ1) is 27.4. The first-order valence-corrected chi connectivity index (χ1v) is 14.1. The smallest absolute Gasteiger partial charge is 0.232 e. The normalized spacial score (nSPS) is 32.3. The summed E-state index contributed by atoms with van der Waals surface area (Å²) in [6.45, 7) is 7.66. The van der Waals surface area contributed by atoms with Crippen LogP contribution < -0.4 is 22.1 Å². The van der Waals surface area contributed by atoms with E-state index in [1.165, 1.54) is 10.6 Å². The maximum Gasteiger partial charge on any atom is 0.232 e. The molecule has 0 aromatic carbocycles. The second-order valence-corrected chi connectivity index (χ2v) is 12.7. The van der Waals surface area contributed by atoms with E-state index in [9.17, 15) is 17.6 Å². The zero-order valence-corrected chi connectivity index (χ0v) is 21.5. The van der Waals surface area contributed by atoms with Crippen LogP contribution >= 0.6 is 0 Å². The molecule has 6 N–H and O–H groups in total. The molecule has 3 rings (SSSR count). The second kappa shape index (κ2) is 11.3. The monoisotopic (exact) mass is 503 g/mol. The number of piperazine rings is 1. The SMILES string of the molecule is CC1(C)CCC(F)C/N=C(/C(C(=O)NC2CNCCC2N2CCN(S(C)(=O)=O)CC2)C(N)N)C1. The third kappa shape index (κ3) is 7.17. The molecule has 34 heavy (non-hydrogen) atoms. The molecule has 0 aliphatic carbocycles. The van der Waals surface area contributed by atoms with Crippen molar-refractivity contribution in [1.29, 1.82) is 0 Å². The van der Waals surface area contributed by atoms with E-state index >= 15 is 0 Å². The van der Waals surface area contributed by atoms with Crippen molar-refractivity contribution in [1.82, 2.24) is 19.8 Å². The number of amides is 1.